The van der Waals surface area contributed by atoms with E-state index in [2.05, 4.69) is 143 Å². The van der Waals surface area contributed by atoms with Crippen molar-refractivity contribution in [1.82, 2.24) is 29.5 Å². The molecule has 226 valence electrons. The molecule has 0 aliphatic heterocycles. The van der Waals surface area contributed by atoms with Gasteiger partial charge in [-0.15, -0.1) is 20.4 Å². The van der Waals surface area contributed by atoms with E-state index in [1.165, 1.54) is 0 Å². The first-order chi connectivity index (χ1) is 23.9. The lowest BCUT2D eigenvalue weighted by atomic mass is 9.98. The maximum atomic E-state index is 4.81. The first-order valence-corrected chi connectivity index (χ1v) is 15.9. The number of nitrogens with zero attached hydrogens (tertiary/aromatic N) is 6. The zero-order chi connectivity index (χ0) is 31.9. The van der Waals surface area contributed by atoms with Crippen LogP contribution < -0.4 is 0 Å². The van der Waals surface area contributed by atoms with E-state index >= 15 is 0 Å². The van der Waals surface area contributed by atoms with Gasteiger partial charge in [-0.25, -0.2) is 0 Å². The lowest BCUT2D eigenvalue weighted by Gasteiger charge is -2.13. The van der Waals surface area contributed by atoms with E-state index in [1.807, 2.05) is 36.4 Å². The Hall–Kier alpha value is -6.66. The monoisotopic (exact) mass is 616 g/mol. The fourth-order valence-corrected chi connectivity index (χ4v) is 6.83. The highest BCUT2D eigenvalue weighted by molar-refractivity contribution is 6.06. The molecule has 9 aromatic rings. The molecule has 6 nitrogen and oxygen atoms in total. The molecule has 0 bridgehead atoms. The topological polar surface area (TPSA) is 61.4 Å². The molecule has 0 aliphatic carbocycles. The van der Waals surface area contributed by atoms with Gasteiger partial charge < -0.3 is 0 Å². The highest BCUT2D eigenvalue weighted by Gasteiger charge is 2.25. The summed E-state index contributed by atoms with van der Waals surface area (Å²) in [5, 5.41) is 21.4. The third kappa shape index (κ3) is 4.50. The fourth-order valence-electron chi connectivity index (χ4n) is 6.83. The van der Waals surface area contributed by atoms with Crippen molar-refractivity contribution in [1.29, 1.82) is 0 Å². The van der Waals surface area contributed by atoms with Crippen LogP contribution in [0.4, 0.5) is 0 Å². The molecule has 0 unspecified atom stereocenters. The van der Waals surface area contributed by atoms with Crippen LogP contribution in [0.15, 0.2) is 170 Å². The molecule has 48 heavy (non-hydrogen) atoms. The van der Waals surface area contributed by atoms with Crippen molar-refractivity contribution in [3.8, 4) is 56.7 Å². The van der Waals surface area contributed by atoms with Gasteiger partial charge in [-0.1, -0.05) is 158 Å². The third-order valence-electron chi connectivity index (χ3n) is 8.83. The van der Waals surface area contributed by atoms with Crippen molar-refractivity contribution in [2.75, 3.05) is 0 Å². The Labute approximate surface area is 277 Å². The van der Waals surface area contributed by atoms with E-state index in [1.54, 1.807) is 0 Å². The summed E-state index contributed by atoms with van der Waals surface area (Å²) in [6.07, 6.45) is 0. The van der Waals surface area contributed by atoms with Crippen LogP contribution in [0.5, 0.6) is 0 Å². The number of benzene rings is 6. The second kappa shape index (κ2) is 11.6. The second-order valence-corrected chi connectivity index (χ2v) is 11.6. The maximum absolute atomic E-state index is 4.81. The van der Waals surface area contributed by atoms with E-state index in [4.69, 9.17) is 20.4 Å². The summed E-state index contributed by atoms with van der Waals surface area (Å²) in [4.78, 5) is 0. The quantitative estimate of drug-likeness (QED) is 0.187. The number of hydrogen-bond acceptors (Lipinski definition) is 4. The van der Waals surface area contributed by atoms with E-state index in [0.717, 1.165) is 66.6 Å². The summed E-state index contributed by atoms with van der Waals surface area (Å²) in [6, 6.07) is 58.4. The van der Waals surface area contributed by atoms with Gasteiger partial charge in [0.05, 0.1) is 22.4 Å². The Bertz CT molecular complexity index is 2340. The van der Waals surface area contributed by atoms with Gasteiger partial charge >= 0.3 is 0 Å². The third-order valence-corrected chi connectivity index (χ3v) is 8.83. The Kier molecular flexibility index (Phi) is 6.68. The van der Waals surface area contributed by atoms with Gasteiger partial charge in [0.2, 0.25) is 0 Å². The van der Waals surface area contributed by atoms with Gasteiger partial charge in [-0.3, -0.25) is 9.13 Å². The van der Waals surface area contributed by atoms with Crippen LogP contribution >= 0.6 is 0 Å². The molecule has 0 saturated heterocycles. The standard InChI is InChI=1S/C42H28N6/c1-5-17-29(18-6-1)37-33-25-13-15-27-35(33)47(39(37)31-21-9-3-10-22-31)41-43-45-42(46-44-41)48-36-28-16-14-26-34(36)38(30-19-7-2-8-20-30)40(48)32-23-11-4-12-24-32/h1-28H. The van der Waals surface area contributed by atoms with Crippen molar-refractivity contribution < 1.29 is 0 Å². The first-order valence-electron chi connectivity index (χ1n) is 15.9. The molecule has 0 N–H and O–H groups in total. The smallest absolute Gasteiger partial charge is 0.273 e. The molecular weight excluding hydrogens is 589 g/mol. The largest absolute Gasteiger partial charge is 0.275 e. The minimum Gasteiger partial charge on any atom is -0.275 e. The fraction of sp³-hybridized carbons (Fsp3) is 0. The van der Waals surface area contributed by atoms with Crippen LogP contribution in [0.3, 0.4) is 0 Å². The zero-order valence-electron chi connectivity index (χ0n) is 25.8. The van der Waals surface area contributed by atoms with E-state index in [0.29, 0.717) is 11.9 Å². The predicted octanol–water partition coefficient (Wildman–Crippen LogP) is 9.82. The molecule has 6 aromatic carbocycles. The first kappa shape index (κ1) is 27.6. The van der Waals surface area contributed by atoms with Crippen LogP contribution in [0.25, 0.3) is 78.5 Å². The van der Waals surface area contributed by atoms with Gasteiger partial charge in [0.1, 0.15) is 0 Å². The van der Waals surface area contributed by atoms with Crippen LogP contribution in [-0.4, -0.2) is 29.5 Å². The average molecular weight is 617 g/mol. The lowest BCUT2D eigenvalue weighted by molar-refractivity contribution is 0.758. The molecular formula is C42H28N6. The molecule has 0 fully saturated rings. The van der Waals surface area contributed by atoms with Gasteiger partial charge in [0.15, 0.2) is 0 Å². The molecule has 3 aromatic heterocycles. The number of fused-ring (bicyclic) bond motifs is 2. The molecule has 0 amide bonds. The van der Waals surface area contributed by atoms with Crippen LogP contribution in [0, 0.1) is 0 Å². The molecule has 0 aliphatic rings. The minimum absolute atomic E-state index is 0.400. The summed E-state index contributed by atoms with van der Waals surface area (Å²) in [5.74, 6) is 0.800. The van der Waals surface area contributed by atoms with Crippen molar-refractivity contribution in [3.05, 3.63) is 170 Å². The summed E-state index contributed by atoms with van der Waals surface area (Å²) in [5.41, 5.74) is 10.5. The SMILES string of the molecule is c1ccc(-c2c(-c3ccccc3)n(-c3nnc(-n4c(-c5ccccc5)c(-c5ccccc5)c5ccccc54)nn3)c3ccccc23)cc1. The Morgan fingerprint density at radius 2 is 0.583 bits per heavy atom. The summed E-state index contributed by atoms with van der Waals surface area (Å²) in [6.45, 7) is 0. The van der Waals surface area contributed by atoms with Gasteiger partial charge in [0, 0.05) is 21.9 Å². The van der Waals surface area contributed by atoms with Gasteiger partial charge in [0.25, 0.3) is 11.9 Å². The van der Waals surface area contributed by atoms with E-state index in [-0.39, 0.29) is 0 Å². The average Bonchev–Trinajstić information content (AvgIpc) is 3.70. The van der Waals surface area contributed by atoms with Crippen molar-refractivity contribution in [3.63, 3.8) is 0 Å². The molecule has 6 heteroatoms. The lowest BCUT2D eigenvalue weighted by Crippen LogP contribution is -2.11. The second-order valence-electron chi connectivity index (χ2n) is 11.6. The number of rotatable bonds is 6. The van der Waals surface area contributed by atoms with E-state index < -0.39 is 0 Å². The van der Waals surface area contributed by atoms with Crippen LogP contribution in [0.1, 0.15) is 0 Å². The maximum Gasteiger partial charge on any atom is 0.273 e. The van der Waals surface area contributed by atoms with E-state index in [9.17, 15) is 0 Å². The summed E-state index contributed by atoms with van der Waals surface area (Å²) in [7, 11) is 0. The van der Waals surface area contributed by atoms with Crippen LogP contribution in [-0.2, 0) is 0 Å². The molecule has 0 atom stereocenters. The zero-order valence-corrected chi connectivity index (χ0v) is 25.8. The van der Waals surface area contributed by atoms with Crippen molar-refractivity contribution in [2.45, 2.75) is 0 Å². The summed E-state index contributed by atoms with van der Waals surface area (Å²) < 4.78 is 4.16. The molecule has 0 saturated carbocycles. The highest BCUT2D eigenvalue weighted by Crippen LogP contribution is 2.43. The predicted molar refractivity (Wildman–Crippen MR) is 193 cm³/mol. The minimum atomic E-state index is 0.400. The summed E-state index contributed by atoms with van der Waals surface area (Å²) >= 11 is 0. The number of para-hydroxylation sites is 2. The van der Waals surface area contributed by atoms with Gasteiger partial charge in [-0.05, 0) is 34.4 Å². The normalized spacial score (nSPS) is 11.3. The number of hydrogen-bond donors (Lipinski definition) is 0. The Morgan fingerprint density at radius 3 is 0.938 bits per heavy atom. The Morgan fingerprint density at radius 1 is 0.292 bits per heavy atom. The van der Waals surface area contributed by atoms with Gasteiger partial charge in [-0.2, -0.15) is 0 Å². The molecule has 0 spiro atoms. The molecule has 0 radical (unpaired) electrons. The Balaban J connectivity index is 1.30. The van der Waals surface area contributed by atoms with Crippen LogP contribution in [0.2, 0.25) is 0 Å². The van der Waals surface area contributed by atoms with Crippen molar-refractivity contribution >= 4 is 21.8 Å². The molecule has 9 rings (SSSR count). The number of aromatic nitrogens is 6. The molecule has 3 heterocycles. The van der Waals surface area contributed by atoms with Crippen molar-refractivity contribution in [2.24, 2.45) is 0 Å². The highest BCUT2D eigenvalue weighted by atomic mass is 15.4.